The van der Waals surface area contributed by atoms with E-state index < -0.39 is 10.8 Å². The summed E-state index contributed by atoms with van der Waals surface area (Å²) in [6.45, 7) is 3.19. The maximum Gasteiger partial charge on any atom is 0.286 e. The van der Waals surface area contributed by atoms with Crippen molar-refractivity contribution in [3.8, 4) is 11.5 Å². The molecule has 1 amide bonds. The number of nitrogens with one attached hydrogen (secondary N) is 1. The minimum atomic E-state index is -0.612. The van der Waals surface area contributed by atoms with E-state index in [1.165, 1.54) is 19.2 Å². The predicted octanol–water partition coefficient (Wildman–Crippen LogP) is 2.02. The first-order valence-corrected chi connectivity index (χ1v) is 7.80. The fourth-order valence-electron chi connectivity index (χ4n) is 2.29. The normalized spacial score (nSPS) is 10.3. The number of imidazole rings is 1. The number of hydrogen-bond acceptors (Lipinski definition) is 6. The van der Waals surface area contributed by atoms with Crippen molar-refractivity contribution in [3.63, 3.8) is 0 Å². The molecule has 1 aromatic heterocycles. The Labute approximate surface area is 144 Å². The number of methoxy groups -OCH3 is 1. The second-order valence-corrected chi connectivity index (χ2v) is 5.12. The molecule has 0 fully saturated rings. The van der Waals surface area contributed by atoms with Crippen molar-refractivity contribution < 1.29 is 19.2 Å². The number of hydrogen-bond donors (Lipinski definition) is 1. The number of ether oxygens (including phenoxy) is 2. The zero-order valence-electron chi connectivity index (χ0n) is 14.1. The largest absolute Gasteiger partial charge is 0.493 e. The molecule has 1 N–H and O–H groups in total. The molecule has 9 heteroatoms. The fraction of sp³-hybridized carbons (Fsp3) is 0.375. The Hall–Kier alpha value is -3.10. The Kier molecular flexibility index (Phi) is 6.33. The Bertz CT molecular complexity index is 730. The van der Waals surface area contributed by atoms with Crippen LogP contribution in [0.25, 0.3) is 0 Å². The van der Waals surface area contributed by atoms with Crippen molar-refractivity contribution in [1.82, 2.24) is 14.9 Å². The van der Waals surface area contributed by atoms with Crippen LogP contribution in [0.4, 0.5) is 5.69 Å². The van der Waals surface area contributed by atoms with Gasteiger partial charge in [0.25, 0.3) is 11.6 Å². The molecule has 0 spiro atoms. The van der Waals surface area contributed by atoms with E-state index in [0.29, 0.717) is 31.9 Å². The Morgan fingerprint density at radius 3 is 2.80 bits per heavy atom. The summed E-state index contributed by atoms with van der Waals surface area (Å²) in [4.78, 5) is 26.9. The van der Waals surface area contributed by atoms with Gasteiger partial charge in [0.2, 0.25) is 0 Å². The summed E-state index contributed by atoms with van der Waals surface area (Å²) < 4.78 is 12.4. The summed E-state index contributed by atoms with van der Waals surface area (Å²) in [5.41, 5.74) is -0.385. The molecule has 0 radical (unpaired) electrons. The van der Waals surface area contributed by atoms with Gasteiger partial charge in [0, 0.05) is 31.5 Å². The highest BCUT2D eigenvalue weighted by Crippen LogP contribution is 2.34. The molecule has 1 aromatic carbocycles. The van der Waals surface area contributed by atoms with Gasteiger partial charge in [-0.25, -0.2) is 4.98 Å². The summed E-state index contributed by atoms with van der Waals surface area (Å²) in [6.07, 6.45) is 5.86. The van der Waals surface area contributed by atoms with Gasteiger partial charge in [-0.2, -0.15) is 0 Å². The number of carbonyl (C=O) groups excluding carboxylic acids is 1. The van der Waals surface area contributed by atoms with Crippen LogP contribution in [-0.2, 0) is 6.54 Å². The molecule has 2 aromatic rings. The summed E-state index contributed by atoms with van der Waals surface area (Å²) in [5, 5.41) is 14.0. The molecule has 2 rings (SSSR count). The first kappa shape index (κ1) is 18.2. The Morgan fingerprint density at radius 1 is 1.40 bits per heavy atom. The number of carbonyl (C=O) groups is 1. The maximum absolute atomic E-state index is 12.4. The Balaban J connectivity index is 2.10. The van der Waals surface area contributed by atoms with Gasteiger partial charge >= 0.3 is 0 Å². The van der Waals surface area contributed by atoms with Crippen molar-refractivity contribution in [2.24, 2.45) is 0 Å². The first-order chi connectivity index (χ1) is 12.1. The van der Waals surface area contributed by atoms with E-state index in [9.17, 15) is 14.9 Å². The lowest BCUT2D eigenvalue weighted by Crippen LogP contribution is -2.26. The number of aromatic nitrogens is 2. The van der Waals surface area contributed by atoms with Gasteiger partial charge < -0.3 is 19.4 Å². The number of benzene rings is 1. The number of aryl methyl sites for hydroxylation is 1. The molecule has 0 aliphatic carbocycles. The molecule has 0 bridgehead atoms. The topological polar surface area (TPSA) is 109 Å². The van der Waals surface area contributed by atoms with Gasteiger partial charge in [0.05, 0.1) is 31.0 Å². The van der Waals surface area contributed by atoms with Crippen LogP contribution in [0.5, 0.6) is 11.5 Å². The molecule has 0 aliphatic heterocycles. The van der Waals surface area contributed by atoms with Gasteiger partial charge in [0.15, 0.2) is 11.5 Å². The second kappa shape index (κ2) is 8.67. The molecule has 0 saturated carbocycles. The van der Waals surface area contributed by atoms with Gasteiger partial charge in [-0.05, 0) is 13.3 Å². The van der Waals surface area contributed by atoms with Crippen LogP contribution in [0.3, 0.4) is 0 Å². The van der Waals surface area contributed by atoms with Crippen molar-refractivity contribution >= 4 is 11.6 Å². The van der Waals surface area contributed by atoms with E-state index in [-0.39, 0.29) is 17.0 Å². The van der Waals surface area contributed by atoms with Crippen LogP contribution in [0.2, 0.25) is 0 Å². The summed E-state index contributed by atoms with van der Waals surface area (Å²) in [7, 11) is 1.39. The molecule has 0 unspecified atom stereocenters. The molecule has 0 saturated heterocycles. The number of nitro groups is 1. The number of nitrogens with zero attached hydrogens (tertiary/aromatic N) is 3. The second-order valence-electron chi connectivity index (χ2n) is 5.12. The zero-order chi connectivity index (χ0) is 18.2. The smallest absolute Gasteiger partial charge is 0.286 e. The minimum absolute atomic E-state index is 0.0584. The highest BCUT2D eigenvalue weighted by Gasteiger charge is 2.24. The van der Waals surface area contributed by atoms with Crippen LogP contribution in [-0.4, -0.2) is 40.6 Å². The first-order valence-electron chi connectivity index (χ1n) is 7.80. The molecule has 9 nitrogen and oxygen atoms in total. The summed E-state index contributed by atoms with van der Waals surface area (Å²) in [5.74, 6) is -0.0229. The molecular formula is C16H20N4O5. The lowest BCUT2D eigenvalue weighted by molar-refractivity contribution is -0.385. The van der Waals surface area contributed by atoms with E-state index in [1.807, 2.05) is 10.8 Å². The molecule has 0 aliphatic rings. The van der Waals surface area contributed by atoms with Gasteiger partial charge in [-0.15, -0.1) is 0 Å². The van der Waals surface area contributed by atoms with E-state index >= 15 is 0 Å². The fourth-order valence-corrected chi connectivity index (χ4v) is 2.29. The minimum Gasteiger partial charge on any atom is -0.493 e. The van der Waals surface area contributed by atoms with Crippen molar-refractivity contribution in [1.29, 1.82) is 0 Å². The van der Waals surface area contributed by atoms with Crippen LogP contribution in [0.1, 0.15) is 23.7 Å². The molecule has 0 atom stereocenters. The summed E-state index contributed by atoms with van der Waals surface area (Å²) in [6, 6.07) is 2.54. The van der Waals surface area contributed by atoms with Crippen molar-refractivity contribution in [3.05, 3.63) is 46.5 Å². The van der Waals surface area contributed by atoms with Crippen LogP contribution in [0, 0.1) is 10.1 Å². The highest BCUT2D eigenvalue weighted by molar-refractivity contribution is 5.99. The lowest BCUT2D eigenvalue weighted by atomic mass is 10.1. The van der Waals surface area contributed by atoms with Gasteiger partial charge in [-0.1, -0.05) is 0 Å². The third kappa shape index (κ3) is 4.69. The van der Waals surface area contributed by atoms with E-state index in [2.05, 4.69) is 10.3 Å². The van der Waals surface area contributed by atoms with E-state index in [1.54, 1.807) is 19.4 Å². The van der Waals surface area contributed by atoms with Crippen LogP contribution >= 0.6 is 0 Å². The van der Waals surface area contributed by atoms with Crippen LogP contribution in [0.15, 0.2) is 30.9 Å². The molecule has 1 heterocycles. The lowest BCUT2D eigenvalue weighted by Gasteiger charge is -2.12. The summed E-state index contributed by atoms with van der Waals surface area (Å²) >= 11 is 0. The molecule has 134 valence electrons. The molecular weight excluding hydrogens is 328 g/mol. The van der Waals surface area contributed by atoms with Gasteiger partial charge in [-0.3, -0.25) is 14.9 Å². The number of nitro benzene ring substituents is 1. The Morgan fingerprint density at radius 2 is 2.20 bits per heavy atom. The highest BCUT2D eigenvalue weighted by atomic mass is 16.6. The number of rotatable bonds is 9. The average Bonchev–Trinajstić information content (AvgIpc) is 3.11. The van der Waals surface area contributed by atoms with E-state index in [4.69, 9.17) is 9.47 Å². The SMILES string of the molecule is CCOc1cc(C(=O)NCCCn2ccnc2)c([N+](=O)[O-])cc1OC. The van der Waals surface area contributed by atoms with E-state index in [0.717, 1.165) is 0 Å². The zero-order valence-corrected chi connectivity index (χ0v) is 14.1. The monoisotopic (exact) mass is 348 g/mol. The maximum atomic E-state index is 12.4. The quantitative estimate of drug-likeness (QED) is 0.422. The number of amides is 1. The van der Waals surface area contributed by atoms with Gasteiger partial charge in [0.1, 0.15) is 5.56 Å². The van der Waals surface area contributed by atoms with Crippen molar-refractivity contribution in [2.45, 2.75) is 19.9 Å². The average molecular weight is 348 g/mol. The standard InChI is InChI=1S/C16H20N4O5/c1-3-25-15-9-12(13(20(22)23)10-14(15)24-2)16(21)18-5-4-7-19-8-6-17-11-19/h6,8-11H,3-5,7H2,1-2H3,(H,18,21). The predicted molar refractivity (Wildman–Crippen MR) is 90.0 cm³/mol. The van der Waals surface area contributed by atoms with Crippen molar-refractivity contribution in [2.75, 3.05) is 20.3 Å². The molecule has 25 heavy (non-hydrogen) atoms. The third-order valence-electron chi connectivity index (χ3n) is 3.46. The third-order valence-corrected chi connectivity index (χ3v) is 3.46. The van der Waals surface area contributed by atoms with Crippen LogP contribution < -0.4 is 14.8 Å².